The molecule has 0 amide bonds. The number of nitro groups is 1. The highest BCUT2D eigenvalue weighted by Gasteiger charge is 2.11. The third-order valence-electron chi connectivity index (χ3n) is 2.75. The number of benzene rings is 1. The molecule has 106 valence electrons. The van der Waals surface area contributed by atoms with Crippen molar-refractivity contribution in [2.24, 2.45) is 0 Å². The lowest BCUT2D eigenvalue weighted by molar-refractivity contribution is -0.385. The van der Waals surface area contributed by atoms with Crippen LogP contribution in [0.1, 0.15) is 12.0 Å². The molecule has 0 unspecified atom stereocenters. The Morgan fingerprint density at radius 3 is 3.00 bits per heavy atom. The van der Waals surface area contributed by atoms with Crippen molar-refractivity contribution < 1.29 is 4.92 Å². The van der Waals surface area contributed by atoms with Gasteiger partial charge in [-0.2, -0.15) is 0 Å². The molecule has 1 heterocycles. The molecular formula is C12H14BrN5O2. The van der Waals surface area contributed by atoms with Gasteiger partial charge in [-0.15, -0.1) is 5.10 Å². The number of nitro benzene ring substituents is 1. The van der Waals surface area contributed by atoms with Gasteiger partial charge >= 0.3 is 0 Å². The molecule has 0 radical (unpaired) electrons. The van der Waals surface area contributed by atoms with Crippen molar-refractivity contribution in [3.8, 4) is 0 Å². The van der Waals surface area contributed by atoms with E-state index in [9.17, 15) is 10.1 Å². The zero-order chi connectivity index (χ0) is 14.4. The number of hydrogen-bond donors (Lipinski definition) is 1. The van der Waals surface area contributed by atoms with Crippen LogP contribution in [-0.4, -0.2) is 26.5 Å². The largest absolute Gasteiger partial charge is 0.313 e. The molecule has 20 heavy (non-hydrogen) atoms. The summed E-state index contributed by atoms with van der Waals surface area (Å²) in [4.78, 5) is 10.4. The maximum Gasteiger partial charge on any atom is 0.283 e. The lowest BCUT2D eigenvalue weighted by Crippen LogP contribution is -2.16. The Kier molecular flexibility index (Phi) is 5.19. The number of nitrogens with one attached hydrogen (secondary N) is 1. The molecule has 0 aliphatic carbocycles. The van der Waals surface area contributed by atoms with Crippen LogP contribution in [0, 0.1) is 10.1 Å². The van der Waals surface area contributed by atoms with Crippen molar-refractivity contribution in [2.75, 3.05) is 6.54 Å². The van der Waals surface area contributed by atoms with Crippen LogP contribution in [0.15, 0.2) is 35.1 Å². The van der Waals surface area contributed by atoms with Gasteiger partial charge in [-0.3, -0.25) is 14.8 Å². The predicted octanol–water partition coefficient (Wildman–Crippen LogP) is 2.13. The van der Waals surface area contributed by atoms with Gasteiger partial charge in [0.15, 0.2) is 0 Å². The highest BCUT2D eigenvalue weighted by molar-refractivity contribution is 9.10. The number of rotatable bonds is 7. The average molecular weight is 340 g/mol. The first kappa shape index (κ1) is 14.6. The van der Waals surface area contributed by atoms with Gasteiger partial charge in [0.1, 0.15) is 0 Å². The first-order valence-electron chi connectivity index (χ1n) is 6.14. The molecule has 0 saturated carbocycles. The fourth-order valence-corrected chi connectivity index (χ4v) is 2.15. The minimum absolute atomic E-state index is 0.0897. The number of nitrogens with zero attached hydrogens (tertiary/aromatic N) is 4. The summed E-state index contributed by atoms with van der Waals surface area (Å²) in [6, 6.07) is 5.14. The normalized spacial score (nSPS) is 10.7. The predicted molar refractivity (Wildman–Crippen MR) is 77.1 cm³/mol. The molecule has 0 aliphatic rings. The minimum atomic E-state index is -0.391. The van der Waals surface area contributed by atoms with Crippen LogP contribution in [0.2, 0.25) is 0 Å². The van der Waals surface area contributed by atoms with Gasteiger partial charge in [-0.1, -0.05) is 11.3 Å². The molecule has 1 aromatic carbocycles. The highest BCUT2D eigenvalue weighted by atomic mass is 79.9. The van der Waals surface area contributed by atoms with Crippen molar-refractivity contribution >= 4 is 21.6 Å². The Bertz CT molecular complexity index is 573. The van der Waals surface area contributed by atoms with Crippen LogP contribution in [0.5, 0.6) is 0 Å². The molecule has 1 aromatic heterocycles. The number of aromatic nitrogens is 3. The second-order valence-corrected chi connectivity index (χ2v) is 5.09. The van der Waals surface area contributed by atoms with E-state index in [-0.39, 0.29) is 5.69 Å². The first-order valence-corrected chi connectivity index (χ1v) is 6.94. The van der Waals surface area contributed by atoms with E-state index < -0.39 is 4.92 Å². The van der Waals surface area contributed by atoms with Gasteiger partial charge in [-0.25, -0.2) is 0 Å². The second kappa shape index (κ2) is 7.11. The van der Waals surface area contributed by atoms with Gasteiger partial charge in [0.2, 0.25) is 0 Å². The van der Waals surface area contributed by atoms with Gasteiger partial charge in [-0.05, 0) is 40.5 Å². The molecule has 0 saturated heterocycles. The summed E-state index contributed by atoms with van der Waals surface area (Å²) >= 11 is 3.17. The molecule has 7 nitrogen and oxygen atoms in total. The van der Waals surface area contributed by atoms with E-state index in [0.29, 0.717) is 11.0 Å². The smallest absolute Gasteiger partial charge is 0.283 e. The van der Waals surface area contributed by atoms with Crippen molar-refractivity contribution in [1.82, 2.24) is 20.3 Å². The van der Waals surface area contributed by atoms with E-state index in [1.165, 1.54) is 0 Å². The Hall–Kier alpha value is -1.80. The van der Waals surface area contributed by atoms with Crippen molar-refractivity contribution in [3.63, 3.8) is 0 Å². The van der Waals surface area contributed by atoms with E-state index in [4.69, 9.17) is 0 Å². The first-order chi connectivity index (χ1) is 9.66. The average Bonchev–Trinajstić information content (AvgIpc) is 2.93. The van der Waals surface area contributed by atoms with Crippen LogP contribution in [-0.2, 0) is 13.1 Å². The van der Waals surface area contributed by atoms with Crippen LogP contribution >= 0.6 is 15.9 Å². The molecule has 0 spiro atoms. The van der Waals surface area contributed by atoms with E-state index in [0.717, 1.165) is 25.1 Å². The molecule has 2 aromatic rings. The standard InChI is InChI=1S/C12H14BrN5O2/c13-11-3-2-10(8-12(11)18(19)20)9-14-4-1-6-17-7-5-15-16-17/h2-3,5,7-8,14H,1,4,6,9H2. The maximum absolute atomic E-state index is 10.8. The minimum Gasteiger partial charge on any atom is -0.313 e. The van der Waals surface area contributed by atoms with Crippen LogP contribution in [0.3, 0.4) is 0 Å². The Labute approximate surface area is 124 Å². The summed E-state index contributed by atoms with van der Waals surface area (Å²) in [5, 5.41) is 21.7. The fourth-order valence-electron chi connectivity index (χ4n) is 1.76. The lowest BCUT2D eigenvalue weighted by atomic mass is 10.2. The monoisotopic (exact) mass is 339 g/mol. The Morgan fingerprint density at radius 2 is 2.30 bits per heavy atom. The van der Waals surface area contributed by atoms with E-state index in [1.807, 2.05) is 12.3 Å². The van der Waals surface area contributed by atoms with Crippen LogP contribution in [0.4, 0.5) is 5.69 Å². The summed E-state index contributed by atoms with van der Waals surface area (Å²) in [7, 11) is 0. The second-order valence-electron chi connectivity index (χ2n) is 4.24. The zero-order valence-corrected chi connectivity index (χ0v) is 12.3. The maximum atomic E-state index is 10.8. The van der Waals surface area contributed by atoms with Gasteiger partial charge in [0.25, 0.3) is 5.69 Å². The summed E-state index contributed by atoms with van der Waals surface area (Å²) in [5.41, 5.74) is 0.979. The molecule has 0 atom stereocenters. The number of hydrogen-bond acceptors (Lipinski definition) is 5. The van der Waals surface area contributed by atoms with Gasteiger partial charge in [0.05, 0.1) is 15.6 Å². The highest BCUT2D eigenvalue weighted by Crippen LogP contribution is 2.25. The quantitative estimate of drug-likeness (QED) is 0.474. The number of aryl methyl sites for hydroxylation is 1. The van der Waals surface area contributed by atoms with Crippen molar-refractivity contribution in [1.29, 1.82) is 0 Å². The molecule has 0 fully saturated rings. The third kappa shape index (κ3) is 4.10. The molecule has 8 heteroatoms. The van der Waals surface area contributed by atoms with Crippen LogP contribution < -0.4 is 5.32 Å². The zero-order valence-electron chi connectivity index (χ0n) is 10.7. The Balaban J connectivity index is 1.76. The summed E-state index contributed by atoms with van der Waals surface area (Å²) in [6.07, 6.45) is 4.38. The van der Waals surface area contributed by atoms with E-state index in [2.05, 4.69) is 31.6 Å². The third-order valence-corrected chi connectivity index (χ3v) is 3.42. The SMILES string of the molecule is O=[N+]([O-])c1cc(CNCCCn2ccnn2)ccc1Br. The molecule has 0 aliphatic heterocycles. The molecular weight excluding hydrogens is 326 g/mol. The van der Waals surface area contributed by atoms with Gasteiger partial charge < -0.3 is 5.32 Å². The fraction of sp³-hybridized carbons (Fsp3) is 0.333. The summed E-state index contributed by atoms with van der Waals surface area (Å²) in [6.45, 7) is 2.21. The molecule has 1 N–H and O–H groups in total. The van der Waals surface area contributed by atoms with E-state index in [1.54, 1.807) is 23.0 Å². The lowest BCUT2D eigenvalue weighted by Gasteiger charge is -2.05. The molecule has 0 bridgehead atoms. The molecule has 2 rings (SSSR count). The van der Waals surface area contributed by atoms with Crippen molar-refractivity contribution in [3.05, 3.63) is 50.7 Å². The van der Waals surface area contributed by atoms with Crippen LogP contribution in [0.25, 0.3) is 0 Å². The number of halogens is 1. The van der Waals surface area contributed by atoms with Gasteiger partial charge in [0, 0.05) is 25.4 Å². The van der Waals surface area contributed by atoms with Crippen molar-refractivity contribution in [2.45, 2.75) is 19.5 Å². The topological polar surface area (TPSA) is 85.9 Å². The summed E-state index contributed by atoms with van der Waals surface area (Å²) < 4.78 is 2.27. The Morgan fingerprint density at radius 1 is 1.45 bits per heavy atom. The van der Waals surface area contributed by atoms with E-state index >= 15 is 0 Å². The summed E-state index contributed by atoms with van der Waals surface area (Å²) in [5.74, 6) is 0.